The number of carboxylic acids is 1. The lowest BCUT2D eigenvalue weighted by atomic mass is 10.1. The second kappa shape index (κ2) is 10.4. The van der Waals surface area contributed by atoms with Crippen molar-refractivity contribution in [3.63, 3.8) is 0 Å². The first-order chi connectivity index (χ1) is 14.9. The molecule has 31 heavy (non-hydrogen) atoms. The van der Waals surface area contributed by atoms with Crippen LogP contribution in [0.4, 0.5) is 4.39 Å². The van der Waals surface area contributed by atoms with Crippen LogP contribution in [-0.4, -0.2) is 40.7 Å². The Morgan fingerprint density at radius 2 is 1.71 bits per heavy atom. The zero-order valence-electron chi connectivity index (χ0n) is 18.4. The van der Waals surface area contributed by atoms with Crippen LogP contribution in [0.25, 0.3) is 0 Å². The topological polar surface area (TPSA) is 57.5 Å². The van der Waals surface area contributed by atoms with Gasteiger partial charge in [-0.05, 0) is 44.2 Å². The van der Waals surface area contributed by atoms with E-state index in [1.165, 1.54) is 17.7 Å². The molecule has 3 rings (SSSR count). The van der Waals surface area contributed by atoms with Crippen molar-refractivity contribution in [1.29, 1.82) is 0 Å². The number of benzene rings is 2. The molecule has 0 aliphatic heterocycles. The zero-order chi connectivity index (χ0) is 22.4. The highest BCUT2D eigenvalue weighted by atomic mass is 19.1. The normalized spacial score (nSPS) is 11.3. The highest BCUT2D eigenvalue weighted by molar-refractivity contribution is 5.91. The molecule has 0 unspecified atom stereocenters. The van der Waals surface area contributed by atoms with E-state index < -0.39 is 5.97 Å². The number of rotatable bonds is 10. The summed E-state index contributed by atoms with van der Waals surface area (Å²) in [5, 5.41) is 13.2. The molecule has 1 heterocycles. The molecule has 0 radical (unpaired) electrons. The van der Waals surface area contributed by atoms with Crippen LogP contribution < -0.4 is 5.32 Å². The van der Waals surface area contributed by atoms with E-state index in [-0.39, 0.29) is 5.82 Å². The van der Waals surface area contributed by atoms with E-state index in [2.05, 4.69) is 29.4 Å². The van der Waals surface area contributed by atoms with Gasteiger partial charge in [-0.2, -0.15) is 0 Å². The fourth-order valence-corrected chi connectivity index (χ4v) is 3.92. The molecule has 0 saturated heterocycles. The van der Waals surface area contributed by atoms with Crippen LogP contribution in [0.5, 0.6) is 0 Å². The minimum Gasteiger partial charge on any atom is -0.478 e. The molecule has 0 saturated carbocycles. The van der Waals surface area contributed by atoms with E-state index >= 15 is 0 Å². The molecule has 0 amide bonds. The molecular weight excluding hydrogens is 393 g/mol. The predicted molar refractivity (Wildman–Crippen MR) is 121 cm³/mol. The second-order valence-electron chi connectivity index (χ2n) is 7.94. The van der Waals surface area contributed by atoms with Gasteiger partial charge in [-0.15, -0.1) is 0 Å². The Morgan fingerprint density at radius 3 is 2.35 bits per heavy atom. The first-order valence-corrected chi connectivity index (χ1v) is 10.5. The van der Waals surface area contributed by atoms with Gasteiger partial charge in [0, 0.05) is 49.7 Å². The SMILES string of the molecule is Cc1c(CNCCN(C)Cc2ccccc2)c(C(=O)O)c(C)n1Cc1ccc(F)cc1. The second-order valence-corrected chi connectivity index (χ2v) is 7.94. The molecule has 6 heteroatoms. The van der Waals surface area contributed by atoms with Gasteiger partial charge in [0.05, 0.1) is 5.56 Å². The number of nitrogens with one attached hydrogen (secondary N) is 1. The fourth-order valence-electron chi connectivity index (χ4n) is 3.92. The summed E-state index contributed by atoms with van der Waals surface area (Å²) in [5.41, 5.74) is 4.99. The average molecular weight is 424 g/mol. The lowest BCUT2D eigenvalue weighted by molar-refractivity contribution is 0.0694. The summed E-state index contributed by atoms with van der Waals surface area (Å²) >= 11 is 0. The number of nitrogens with zero attached hydrogens (tertiary/aromatic N) is 2. The van der Waals surface area contributed by atoms with E-state index in [4.69, 9.17) is 0 Å². The molecule has 0 fully saturated rings. The molecular formula is C25H30FN3O2. The standard InChI is InChI=1S/C25H30FN3O2/c1-18-23(15-27-13-14-28(3)16-20-7-5-4-6-8-20)24(25(30)31)19(2)29(18)17-21-9-11-22(26)12-10-21/h4-12,27H,13-17H2,1-3H3,(H,30,31). The van der Waals surface area contributed by atoms with Crippen molar-refractivity contribution in [3.05, 3.63) is 94.1 Å². The van der Waals surface area contributed by atoms with Gasteiger partial charge >= 0.3 is 5.97 Å². The smallest absolute Gasteiger partial charge is 0.337 e. The Labute approximate surface area is 183 Å². The molecule has 164 valence electrons. The molecule has 1 aromatic heterocycles. The first-order valence-electron chi connectivity index (χ1n) is 10.5. The number of hydrogen-bond acceptors (Lipinski definition) is 3. The fraction of sp³-hybridized carbons (Fsp3) is 0.320. The molecule has 2 N–H and O–H groups in total. The van der Waals surface area contributed by atoms with Gasteiger partial charge in [-0.3, -0.25) is 0 Å². The molecule has 0 aliphatic rings. The Morgan fingerprint density at radius 1 is 1.03 bits per heavy atom. The number of carboxylic acid groups (broad SMARTS) is 1. The maximum absolute atomic E-state index is 13.2. The third-order valence-electron chi connectivity index (χ3n) is 5.65. The van der Waals surface area contributed by atoms with Crippen LogP contribution in [-0.2, 0) is 19.6 Å². The Hall–Kier alpha value is -2.96. The van der Waals surface area contributed by atoms with Gasteiger partial charge in [0.25, 0.3) is 0 Å². The van der Waals surface area contributed by atoms with Crippen molar-refractivity contribution in [2.24, 2.45) is 0 Å². The monoisotopic (exact) mass is 423 g/mol. The molecule has 5 nitrogen and oxygen atoms in total. The van der Waals surface area contributed by atoms with Gasteiger partial charge < -0.3 is 19.9 Å². The lowest BCUT2D eigenvalue weighted by Gasteiger charge is -2.17. The molecule has 0 atom stereocenters. The van der Waals surface area contributed by atoms with E-state index in [0.29, 0.717) is 24.3 Å². The van der Waals surface area contributed by atoms with Crippen molar-refractivity contribution in [2.75, 3.05) is 20.1 Å². The van der Waals surface area contributed by atoms with Crippen molar-refractivity contribution in [3.8, 4) is 0 Å². The van der Waals surface area contributed by atoms with Crippen molar-refractivity contribution in [1.82, 2.24) is 14.8 Å². The van der Waals surface area contributed by atoms with Crippen LogP contribution >= 0.6 is 0 Å². The third kappa shape index (κ3) is 5.81. The predicted octanol–water partition coefficient (Wildman–Crippen LogP) is 4.21. The van der Waals surface area contributed by atoms with Crippen LogP contribution in [0.2, 0.25) is 0 Å². The highest BCUT2D eigenvalue weighted by Gasteiger charge is 2.22. The van der Waals surface area contributed by atoms with Crippen molar-refractivity contribution < 1.29 is 14.3 Å². The number of aromatic carboxylic acids is 1. The van der Waals surface area contributed by atoms with E-state index in [1.54, 1.807) is 12.1 Å². The van der Waals surface area contributed by atoms with Crippen LogP contribution in [0.15, 0.2) is 54.6 Å². The molecule has 0 aliphatic carbocycles. The summed E-state index contributed by atoms with van der Waals surface area (Å²) in [6, 6.07) is 16.6. The van der Waals surface area contributed by atoms with Crippen molar-refractivity contribution in [2.45, 2.75) is 33.5 Å². The Bertz CT molecular complexity index is 1010. The van der Waals surface area contributed by atoms with Crippen molar-refractivity contribution >= 4 is 5.97 Å². The molecule has 0 spiro atoms. The summed E-state index contributed by atoms with van der Waals surface area (Å²) in [5.74, 6) is -1.20. The van der Waals surface area contributed by atoms with Crippen LogP contribution in [0.1, 0.15) is 38.4 Å². The maximum atomic E-state index is 13.2. The lowest BCUT2D eigenvalue weighted by Crippen LogP contribution is -2.29. The molecule has 0 bridgehead atoms. The minimum absolute atomic E-state index is 0.280. The largest absolute Gasteiger partial charge is 0.478 e. The quantitative estimate of drug-likeness (QED) is 0.480. The number of carbonyl (C=O) groups is 1. The molecule has 3 aromatic rings. The number of likely N-dealkylation sites (N-methyl/N-ethyl adjacent to an activating group) is 1. The summed E-state index contributed by atoms with van der Waals surface area (Å²) in [4.78, 5) is 14.2. The number of aromatic nitrogens is 1. The van der Waals surface area contributed by atoms with Gasteiger partial charge in [0.2, 0.25) is 0 Å². The summed E-state index contributed by atoms with van der Waals surface area (Å²) in [6.07, 6.45) is 0. The summed E-state index contributed by atoms with van der Waals surface area (Å²) in [7, 11) is 2.08. The third-order valence-corrected chi connectivity index (χ3v) is 5.65. The van der Waals surface area contributed by atoms with E-state index in [0.717, 1.165) is 36.5 Å². The maximum Gasteiger partial charge on any atom is 0.337 e. The first kappa shape index (κ1) is 22.7. The Kier molecular flexibility index (Phi) is 7.60. The minimum atomic E-state index is -0.920. The summed E-state index contributed by atoms with van der Waals surface area (Å²) in [6.45, 7) is 7.26. The van der Waals surface area contributed by atoms with Gasteiger partial charge in [0.15, 0.2) is 0 Å². The highest BCUT2D eigenvalue weighted by Crippen LogP contribution is 2.24. The zero-order valence-corrected chi connectivity index (χ0v) is 18.4. The average Bonchev–Trinajstić information content (AvgIpc) is 2.98. The van der Waals surface area contributed by atoms with Crippen LogP contribution in [0, 0.1) is 19.7 Å². The van der Waals surface area contributed by atoms with Crippen LogP contribution in [0.3, 0.4) is 0 Å². The summed E-state index contributed by atoms with van der Waals surface area (Å²) < 4.78 is 15.2. The number of hydrogen-bond donors (Lipinski definition) is 2. The van der Waals surface area contributed by atoms with Gasteiger partial charge in [0.1, 0.15) is 5.82 Å². The molecule has 2 aromatic carbocycles. The number of halogens is 1. The van der Waals surface area contributed by atoms with Gasteiger partial charge in [-0.1, -0.05) is 42.5 Å². The van der Waals surface area contributed by atoms with E-state index in [1.807, 2.05) is 36.6 Å². The van der Waals surface area contributed by atoms with E-state index in [9.17, 15) is 14.3 Å². The van der Waals surface area contributed by atoms with Gasteiger partial charge in [-0.25, -0.2) is 9.18 Å². The Balaban J connectivity index is 1.64.